The number of hydrogen-bond donors (Lipinski definition) is 1. The van der Waals surface area contributed by atoms with E-state index in [9.17, 15) is 18.0 Å². The van der Waals surface area contributed by atoms with Crippen LogP contribution < -0.4 is 14.8 Å². The lowest BCUT2D eigenvalue weighted by atomic mass is 10.1. The van der Waals surface area contributed by atoms with Crippen LogP contribution in [0.4, 0.5) is 18.9 Å². The van der Waals surface area contributed by atoms with Crippen LogP contribution in [-0.2, 0) is 28.7 Å². The maximum atomic E-state index is 13.1. The summed E-state index contributed by atoms with van der Waals surface area (Å²) in [6, 6.07) is 10.5. The molecule has 0 unspecified atom stereocenters. The Morgan fingerprint density at radius 3 is 2.55 bits per heavy atom. The van der Waals surface area contributed by atoms with E-state index in [0.29, 0.717) is 16.5 Å². The van der Waals surface area contributed by atoms with Gasteiger partial charge in [-0.1, -0.05) is 17.7 Å². The number of carbonyl (C=O) groups excluding carboxylic acids is 1. The highest BCUT2D eigenvalue weighted by atomic mass is 32.1. The summed E-state index contributed by atoms with van der Waals surface area (Å²) in [6.45, 7) is 2.61. The standard InChI is InChI=1S/C23H23F3N2O4S/c1-15-3-6-18(7-4-15)32-13-22-27-17(14-33-22)12-21(29)28-19-11-16(23(24,25)26)5-8-20(19)31-10-9-30-2/h3-8,11,14H,9-10,12-13H2,1-2H3,(H,28,29). The minimum atomic E-state index is -4.55. The molecule has 0 saturated carbocycles. The molecule has 176 valence electrons. The first-order valence-electron chi connectivity index (χ1n) is 10.00. The van der Waals surface area contributed by atoms with E-state index in [1.54, 1.807) is 5.38 Å². The van der Waals surface area contributed by atoms with Crippen molar-refractivity contribution in [1.29, 1.82) is 0 Å². The smallest absolute Gasteiger partial charge is 0.416 e. The number of hydrogen-bond acceptors (Lipinski definition) is 6. The predicted octanol–water partition coefficient (Wildman–Crippen LogP) is 5.26. The number of ether oxygens (including phenoxy) is 3. The van der Waals surface area contributed by atoms with Crippen LogP contribution >= 0.6 is 11.3 Å². The van der Waals surface area contributed by atoms with E-state index in [4.69, 9.17) is 14.2 Å². The number of methoxy groups -OCH3 is 1. The first-order chi connectivity index (χ1) is 15.7. The van der Waals surface area contributed by atoms with Crippen molar-refractivity contribution in [3.63, 3.8) is 0 Å². The number of nitrogens with one attached hydrogen (secondary N) is 1. The van der Waals surface area contributed by atoms with Crippen LogP contribution in [0.3, 0.4) is 0 Å². The molecule has 6 nitrogen and oxygen atoms in total. The second kappa shape index (κ2) is 11.2. The third kappa shape index (κ3) is 7.47. The molecule has 33 heavy (non-hydrogen) atoms. The Morgan fingerprint density at radius 1 is 1.09 bits per heavy atom. The Hall–Kier alpha value is -3.11. The topological polar surface area (TPSA) is 69.7 Å². The number of alkyl halides is 3. The van der Waals surface area contributed by atoms with E-state index < -0.39 is 17.6 Å². The number of aromatic nitrogens is 1. The lowest BCUT2D eigenvalue weighted by molar-refractivity contribution is -0.137. The van der Waals surface area contributed by atoms with E-state index >= 15 is 0 Å². The van der Waals surface area contributed by atoms with E-state index in [-0.39, 0.29) is 37.7 Å². The number of carbonyl (C=O) groups is 1. The molecule has 0 fully saturated rings. The van der Waals surface area contributed by atoms with Crippen molar-refractivity contribution in [2.75, 3.05) is 25.6 Å². The van der Waals surface area contributed by atoms with Crippen LogP contribution in [-0.4, -0.2) is 31.2 Å². The minimum absolute atomic E-state index is 0.0657. The molecule has 0 radical (unpaired) electrons. The third-order valence-corrected chi connectivity index (χ3v) is 5.32. The van der Waals surface area contributed by atoms with E-state index in [1.165, 1.54) is 24.5 Å². The Labute approximate surface area is 193 Å². The number of nitrogens with zero attached hydrogens (tertiary/aromatic N) is 1. The zero-order valence-corrected chi connectivity index (χ0v) is 18.9. The normalized spacial score (nSPS) is 11.3. The molecule has 0 saturated heterocycles. The summed E-state index contributed by atoms with van der Waals surface area (Å²) >= 11 is 1.34. The highest BCUT2D eigenvalue weighted by Crippen LogP contribution is 2.35. The van der Waals surface area contributed by atoms with Crippen molar-refractivity contribution >= 4 is 22.9 Å². The average Bonchev–Trinajstić information content (AvgIpc) is 3.21. The monoisotopic (exact) mass is 480 g/mol. The van der Waals surface area contributed by atoms with Crippen LogP contribution in [0.25, 0.3) is 0 Å². The highest BCUT2D eigenvalue weighted by molar-refractivity contribution is 7.09. The van der Waals surface area contributed by atoms with Gasteiger partial charge in [0.15, 0.2) is 0 Å². The first-order valence-corrected chi connectivity index (χ1v) is 10.9. The second-order valence-corrected chi connectivity index (χ2v) is 8.05. The lowest BCUT2D eigenvalue weighted by Crippen LogP contribution is -2.17. The maximum Gasteiger partial charge on any atom is 0.416 e. The van der Waals surface area contributed by atoms with Crippen molar-refractivity contribution in [3.05, 3.63) is 69.7 Å². The summed E-state index contributed by atoms with van der Waals surface area (Å²) in [6.07, 6.45) is -4.65. The third-order valence-electron chi connectivity index (χ3n) is 4.45. The van der Waals surface area contributed by atoms with Gasteiger partial charge in [0, 0.05) is 12.5 Å². The van der Waals surface area contributed by atoms with Gasteiger partial charge in [-0.2, -0.15) is 13.2 Å². The van der Waals surface area contributed by atoms with Crippen molar-refractivity contribution in [2.45, 2.75) is 26.1 Å². The summed E-state index contributed by atoms with van der Waals surface area (Å²) in [5.41, 5.74) is 0.664. The molecule has 0 aliphatic heterocycles. The van der Waals surface area contributed by atoms with Crippen molar-refractivity contribution in [2.24, 2.45) is 0 Å². The molecule has 3 rings (SSSR count). The van der Waals surface area contributed by atoms with Crippen LogP contribution in [0.1, 0.15) is 21.8 Å². The largest absolute Gasteiger partial charge is 0.489 e. The quantitative estimate of drug-likeness (QED) is 0.401. The summed E-state index contributed by atoms with van der Waals surface area (Å²) in [5, 5.41) is 4.90. The van der Waals surface area contributed by atoms with E-state index in [2.05, 4.69) is 10.3 Å². The summed E-state index contributed by atoms with van der Waals surface area (Å²) in [4.78, 5) is 16.9. The fourth-order valence-electron chi connectivity index (χ4n) is 2.80. The fraction of sp³-hybridized carbons (Fsp3) is 0.304. The van der Waals surface area contributed by atoms with Gasteiger partial charge in [-0.3, -0.25) is 4.79 Å². The molecule has 1 N–H and O–H groups in total. The predicted molar refractivity (Wildman–Crippen MR) is 119 cm³/mol. The van der Waals surface area contributed by atoms with E-state index in [0.717, 1.165) is 17.7 Å². The van der Waals surface area contributed by atoms with Crippen LogP contribution in [0.5, 0.6) is 11.5 Å². The van der Waals surface area contributed by atoms with Crippen LogP contribution in [0.15, 0.2) is 47.8 Å². The summed E-state index contributed by atoms with van der Waals surface area (Å²) in [7, 11) is 1.48. The maximum absolute atomic E-state index is 13.1. The SMILES string of the molecule is COCCOc1ccc(C(F)(F)F)cc1NC(=O)Cc1csc(COc2ccc(C)cc2)n1. The Bertz CT molecular complexity index is 1070. The zero-order chi connectivity index (χ0) is 23.8. The molecule has 1 aromatic heterocycles. The molecule has 1 amide bonds. The van der Waals surface area contributed by atoms with Gasteiger partial charge in [0.05, 0.1) is 30.0 Å². The summed E-state index contributed by atoms with van der Waals surface area (Å²) < 4.78 is 55.4. The molecule has 0 aliphatic rings. The zero-order valence-electron chi connectivity index (χ0n) is 18.1. The molecule has 10 heteroatoms. The molecule has 0 bridgehead atoms. The number of amides is 1. The Balaban J connectivity index is 1.63. The molecule has 0 atom stereocenters. The van der Waals surface area contributed by atoms with Gasteiger partial charge < -0.3 is 19.5 Å². The highest BCUT2D eigenvalue weighted by Gasteiger charge is 2.31. The molecule has 1 heterocycles. The van der Waals surface area contributed by atoms with Crippen molar-refractivity contribution < 1.29 is 32.2 Å². The van der Waals surface area contributed by atoms with Gasteiger partial charge in [-0.05, 0) is 37.3 Å². The van der Waals surface area contributed by atoms with Crippen molar-refractivity contribution in [1.82, 2.24) is 4.98 Å². The van der Waals surface area contributed by atoms with Crippen LogP contribution in [0.2, 0.25) is 0 Å². The van der Waals surface area contributed by atoms with Gasteiger partial charge in [-0.15, -0.1) is 11.3 Å². The van der Waals surface area contributed by atoms with Crippen molar-refractivity contribution in [3.8, 4) is 11.5 Å². The van der Waals surface area contributed by atoms with Crippen LogP contribution in [0, 0.1) is 6.92 Å². The van der Waals surface area contributed by atoms with E-state index in [1.807, 2.05) is 31.2 Å². The number of benzene rings is 2. The number of thiazole rings is 1. The number of anilines is 1. The number of aryl methyl sites for hydroxylation is 1. The lowest BCUT2D eigenvalue weighted by Gasteiger charge is -2.15. The fourth-order valence-corrected chi connectivity index (χ4v) is 3.50. The molecule has 3 aromatic rings. The van der Waals surface area contributed by atoms with Gasteiger partial charge >= 0.3 is 6.18 Å². The summed E-state index contributed by atoms with van der Waals surface area (Å²) in [5.74, 6) is 0.321. The van der Waals surface area contributed by atoms with Gasteiger partial charge in [-0.25, -0.2) is 4.98 Å². The Morgan fingerprint density at radius 2 is 1.85 bits per heavy atom. The minimum Gasteiger partial charge on any atom is -0.489 e. The number of rotatable bonds is 10. The average molecular weight is 481 g/mol. The van der Waals surface area contributed by atoms with Gasteiger partial charge in [0.2, 0.25) is 5.91 Å². The molecule has 0 aliphatic carbocycles. The number of halogens is 3. The molecule has 2 aromatic carbocycles. The second-order valence-electron chi connectivity index (χ2n) is 7.11. The molecular formula is C23H23F3N2O4S. The molecular weight excluding hydrogens is 457 g/mol. The van der Waals surface area contributed by atoms with Gasteiger partial charge in [0.25, 0.3) is 0 Å². The van der Waals surface area contributed by atoms with Gasteiger partial charge in [0.1, 0.15) is 29.7 Å². The Kier molecular flexibility index (Phi) is 8.29. The first kappa shape index (κ1) is 24.5. The molecule has 0 spiro atoms.